The van der Waals surface area contributed by atoms with E-state index in [4.69, 9.17) is 9.84 Å². The predicted octanol–water partition coefficient (Wildman–Crippen LogP) is 3.62. The van der Waals surface area contributed by atoms with Crippen LogP contribution in [-0.4, -0.2) is 16.7 Å². The second-order valence-electron chi connectivity index (χ2n) is 4.67. The highest BCUT2D eigenvalue weighted by atomic mass is 79.9. The van der Waals surface area contributed by atoms with Crippen molar-refractivity contribution < 1.29 is 14.6 Å². The smallest absolute Gasteiger partial charge is 0.347 e. The van der Waals surface area contributed by atoms with Crippen molar-refractivity contribution in [1.29, 1.82) is 0 Å². The number of carbonyl (C=O) groups is 1. The maximum atomic E-state index is 11.1. The third-order valence-corrected chi connectivity index (χ3v) is 3.66. The highest BCUT2D eigenvalue weighted by Gasteiger charge is 2.30. The molecular formula is C13H17BrO3. The van der Waals surface area contributed by atoms with Crippen LogP contribution in [0.3, 0.4) is 0 Å². The Morgan fingerprint density at radius 2 is 1.82 bits per heavy atom. The van der Waals surface area contributed by atoms with Crippen LogP contribution in [0.25, 0.3) is 0 Å². The fourth-order valence-corrected chi connectivity index (χ4v) is 2.11. The van der Waals surface area contributed by atoms with E-state index in [9.17, 15) is 4.79 Å². The van der Waals surface area contributed by atoms with Crippen LogP contribution in [0.1, 0.15) is 30.5 Å². The summed E-state index contributed by atoms with van der Waals surface area (Å²) in [4.78, 5) is 11.1. The highest BCUT2D eigenvalue weighted by molar-refractivity contribution is 9.10. The maximum absolute atomic E-state index is 11.1. The quantitative estimate of drug-likeness (QED) is 0.927. The van der Waals surface area contributed by atoms with Gasteiger partial charge < -0.3 is 9.84 Å². The Balaban J connectivity index is 3.25. The van der Waals surface area contributed by atoms with Crippen LogP contribution in [0.15, 0.2) is 10.5 Å². The van der Waals surface area contributed by atoms with E-state index in [2.05, 4.69) is 15.9 Å². The zero-order chi connectivity index (χ0) is 13.4. The van der Waals surface area contributed by atoms with Gasteiger partial charge >= 0.3 is 5.97 Å². The van der Waals surface area contributed by atoms with E-state index >= 15 is 0 Å². The van der Waals surface area contributed by atoms with Crippen molar-refractivity contribution >= 4 is 21.9 Å². The van der Waals surface area contributed by atoms with Gasteiger partial charge in [-0.2, -0.15) is 0 Å². The minimum Gasteiger partial charge on any atom is -0.478 e. The molecule has 3 nitrogen and oxygen atoms in total. The van der Waals surface area contributed by atoms with Crippen molar-refractivity contribution in [1.82, 2.24) is 0 Å². The summed E-state index contributed by atoms with van der Waals surface area (Å²) in [5.41, 5.74) is 1.72. The van der Waals surface area contributed by atoms with E-state index in [0.29, 0.717) is 5.75 Å². The monoisotopic (exact) mass is 300 g/mol. The van der Waals surface area contributed by atoms with Gasteiger partial charge in [0.15, 0.2) is 5.60 Å². The summed E-state index contributed by atoms with van der Waals surface area (Å²) in [7, 11) is 0. The molecule has 17 heavy (non-hydrogen) atoms. The third-order valence-electron chi connectivity index (χ3n) is 2.83. The number of aliphatic carboxylic acids is 1. The van der Waals surface area contributed by atoms with Crippen molar-refractivity contribution in [2.75, 3.05) is 0 Å². The number of halogens is 1. The average Bonchev–Trinajstić information content (AvgIpc) is 2.21. The molecule has 0 saturated heterocycles. The lowest BCUT2D eigenvalue weighted by Gasteiger charge is -2.25. The molecule has 0 heterocycles. The van der Waals surface area contributed by atoms with E-state index in [1.807, 2.05) is 26.8 Å². The third kappa shape index (κ3) is 2.80. The second-order valence-corrected chi connectivity index (χ2v) is 5.53. The minimum absolute atomic E-state index is 0.651. The summed E-state index contributed by atoms with van der Waals surface area (Å²) in [5, 5.41) is 9.07. The largest absolute Gasteiger partial charge is 0.478 e. The van der Waals surface area contributed by atoms with E-state index < -0.39 is 11.6 Å². The Labute approximate surface area is 110 Å². The van der Waals surface area contributed by atoms with Crippen molar-refractivity contribution in [3.05, 3.63) is 27.2 Å². The van der Waals surface area contributed by atoms with Gasteiger partial charge in [0.1, 0.15) is 5.75 Å². The zero-order valence-corrected chi connectivity index (χ0v) is 12.3. The lowest BCUT2D eigenvalue weighted by Crippen LogP contribution is -2.38. The van der Waals surface area contributed by atoms with Gasteiger partial charge in [-0.25, -0.2) is 4.79 Å². The minimum atomic E-state index is -1.23. The molecule has 1 N–H and O–H groups in total. The highest BCUT2D eigenvalue weighted by Crippen LogP contribution is 2.33. The first-order valence-corrected chi connectivity index (χ1v) is 6.15. The lowest BCUT2D eigenvalue weighted by atomic mass is 10.0. The molecule has 0 aliphatic carbocycles. The van der Waals surface area contributed by atoms with Crippen molar-refractivity contribution in [3.63, 3.8) is 0 Å². The Morgan fingerprint density at radius 3 is 2.29 bits per heavy atom. The molecule has 0 aliphatic rings. The Kier molecular flexibility index (Phi) is 3.87. The lowest BCUT2D eigenvalue weighted by molar-refractivity contribution is -0.152. The normalized spacial score (nSPS) is 11.4. The van der Waals surface area contributed by atoms with E-state index in [1.165, 1.54) is 0 Å². The topological polar surface area (TPSA) is 46.5 Å². The molecule has 0 aliphatic heterocycles. The van der Waals surface area contributed by atoms with Gasteiger partial charge in [-0.1, -0.05) is 15.9 Å². The molecule has 1 aromatic rings. The molecule has 0 aromatic heterocycles. The number of benzene rings is 1. The van der Waals surface area contributed by atoms with Crippen molar-refractivity contribution in [3.8, 4) is 5.75 Å². The van der Waals surface area contributed by atoms with Gasteiger partial charge in [0.25, 0.3) is 0 Å². The second kappa shape index (κ2) is 4.69. The number of hydrogen-bond donors (Lipinski definition) is 1. The molecule has 0 atom stereocenters. The molecule has 0 spiro atoms. The Morgan fingerprint density at radius 1 is 1.29 bits per heavy atom. The van der Waals surface area contributed by atoms with Gasteiger partial charge in [0, 0.05) is 4.47 Å². The first-order valence-electron chi connectivity index (χ1n) is 5.35. The van der Waals surface area contributed by atoms with Gasteiger partial charge in [0.05, 0.1) is 0 Å². The summed E-state index contributed by atoms with van der Waals surface area (Å²) in [6, 6.07) is 1.94. The molecule has 94 valence electrons. The molecule has 1 aromatic carbocycles. The van der Waals surface area contributed by atoms with Gasteiger partial charge in [-0.05, 0) is 57.4 Å². The van der Waals surface area contributed by atoms with Crippen LogP contribution >= 0.6 is 15.9 Å². The first kappa shape index (κ1) is 14.0. The van der Waals surface area contributed by atoms with Crippen LogP contribution in [0.4, 0.5) is 0 Å². The Bertz CT molecular complexity index is 464. The molecule has 0 unspecified atom stereocenters. The van der Waals surface area contributed by atoms with Crippen LogP contribution in [0.2, 0.25) is 0 Å². The van der Waals surface area contributed by atoms with Crippen LogP contribution < -0.4 is 4.74 Å². The summed E-state index contributed by atoms with van der Waals surface area (Å²) in [5.74, 6) is -0.324. The number of rotatable bonds is 3. The standard InChI is InChI=1S/C13H17BrO3/c1-7-6-10(14)8(2)9(3)11(7)17-13(4,5)12(15)16/h6H,1-5H3,(H,15,16). The van der Waals surface area contributed by atoms with Crippen molar-refractivity contribution in [2.24, 2.45) is 0 Å². The molecule has 0 amide bonds. The van der Waals surface area contributed by atoms with E-state index in [0.717, 1.165) is 21.2 Å². The average molecular weight is 301 g/mol. The number of carboxylic acid groups (broad SMARTS) is 1. The molecule has 1 rings (SSSR count). The summed E-state index contributed by atoms with van der Waals surface area (Å²) in [6.45, 7) is 8.90. The van der Waals surface area contributed by atoms with Gasteiger partial charge in [-0.3, -0.25) is 0 Å². The fourth-order valence-electron chi connectivity index (χ4n) is 1.46. The number of hydrogen-bond acceptors (Lipinski definition) is 2. The SMILES string of the molecule is Cc1cc(Br)c(C)c(C)c1OC(C)(C)C(=O)O. The zero-order valence-electron chi connectivity index (χ0n) is 10.7. The molecule has 0 bridgehead atoms. The summed E-state index contributed by atoms with van der Waals surface area (Å²) >= 11 is 3.47. The Hall–Kier alpha value is -1.03. The van der Waals surface area contributed by atoms with Gasteiger partial charge in [0.2, 0.25) is 0 Å². The van der Waals surface area contributed by atoms with Crippen molar-refractivity contribution in [2.45, 2.75) is 40.2 Å². The molecular weight excluding hydrogens is 284 g/mol. The van der Waals surface area contributed by atoms with E-state index in [-0.39, 0.29) is 0 Å². The molecule has 4 heteroatoms. The number of aryl methyl sites for hydroxylation is 1. The summed E-state index contributed by atoms with van der Waals surface area (Å²) < 4.78 is 6.65. The molecule has 0 fully saturated rings. The number of ether oxygens (including phenoxy) is 1. The fraction of sp³-hybridized carbons (Fsp3) is 0.462. The van der Waals surface area contributed by atoms with Crippen LogP contribution in [-0.2, 0) is 4.79 Å². The molecule has 0 saturated carbocycles. The van der Waals surface area contributed by atoms with Crippen LogP contribution in [0.5, 0.6) is 5.75 Å². The summed E-state index contributed by atoms with van der Waals surface area (Å²) in [6.07, 6.45) is 0. The predicted molar refractivity (Wildman–Crippen MR) is 70.7 cm³/mol. The van der Waals surface area contributed by atoms with Crippen LogP contribution in [0, 0.1) is 20.8 Å². The number of carboxylic acids is 1. The maximum Gasteiger partial charge on any atom is 0.347 e. The van der Waals surface area contributed by atoms with E-state index in [1.54, 1.807) is 13.8 Å². The van der Waals surface area contributed by atoms with Gasteiger partial charge in [-0.15, -0.1) is 0 Å². The first-order chi connectivity index (χ1) is 7.66. The molecule has 0 radical (unpaired) electrons.